The zero-order valence-corrected chi connectivity index (χ0v) is 14.6. The molecule has 1 rings (SSSR count). The summed E-state index contributed by atoms with van der Waals surface area (Å²) in [5.41, 5.74) is 0.875. The molecule has 0 aliphatic heterocycles. The molecular weight excluding hydrogens is 316 g/mol. The molecule has 7 heteroatoms. The topological polar surface area (TPSA) is 54.9 Å². The van der Waals surface area contributed by atoms with Gasteiger partial charge in [-0.05, 0) is 30.5 Å². The fraction of sp³-hybridized carbons (Fsp3) is 0.588. The average molecular weight is 343 g/mol. The Labute approximate surface area is 142 Å². The van der Waals surface area contributed by atoms with Crippen LogP contribution in [0.1, 0.15) is 31.7 Å². The van der Waals surface area contributed by atoms with Crippen LogP contribution in [0.25, 0.3) is 0 Å². The SMILES string of the molecule is CCCCCNC(=NC)NCCc1ccc(OC)c(OC(F)F)c1. The van der Waals surface area contributed by atoms with Crippen LogP contribution in [-0.4, -0.2) is 39.8 Å². The van der Waals surface area contributed by atoms with Gasteiger partial charge in [-0.2, -0.15) is 8.78 Å². The van der Waals surface area contributed by atoms with Crippen LogP contribution in [0.5, 0.6) is 11.5 Å². The van der Waals surface area contributed by atoms with Gasteiger partial charge < -0.3 is 20.1 Å². The number of unbranched alkanes of at least 4 members (excludes halogenated alkanes) is 2. The molecule has 0 aromatic heterocycles. The summed E-state index contributed by atoms with van der Waals surface area (Å²) in [5.74, 6) is 1.08. The molecule has 1 aromatic rings. The van der Waals surface area contributed by atoms with Gasteiger partial charge in [0.1, 0.15) is 0 Å². The second kappa shape index (κ2) is 11.5. The molecule has 5 nitrogen and oxygen atoms in total. The quantitative estimate of drug-likeness (QED) is 0.389. The third-order valence-corrected chi connectivity index (χ3v) is 3.45. The van der Waals surface area contributed by atoms with Gasteiger partial charge in [-0.3, -0.25) is 4.99 Å². The predicted molar refractivity (Wildman–Crippen MR) is 92.2 cm³/mol. The van der Waals surface area contributed by atoms with Gasteiger partial charge in [-0.15, -0.1) is 0 Å². The van der Waals surface area contributed by atoms with Gasteiger partial charge in [0.15, 0.2) is 17.5 Å². The lowest BCUT2D eigenvalue weighted by molar-refractivity contribution is -0.0512. The van der Waals surface area contributed by atoms with Crippen molar-refractivity contribution in [3.8, 4) is 11.5 Å². The van der Waals surface area contributed by atoms with Crippen molar-refractivity contribution in [2.24, 2.45) is 4.99 Å². The van der Waals surface area contributed by atoms with E-state index in [-0.39, 0.29) is 5.75 Å². The molecule has 0 unspecified atom stereocenters. The minimum Gasteiger partial charge on any atom is -0.493 e. The first-order chi connectivity index (χ1) is 11.6. The highest BCUT2D eigenvalue weighted by Crippen LogP contribution is 2.29. The van der Waals surface area contributed by atoms with Crippen molar-refractivity contribution in [2.45, 2.75) is 39.2 Å². The molecule has 0 spiro atoms. The minimum absolute atomic E-state index is 0.0482. The number of halogens is 2. The highest BCUT2D eigenvalue weighted by molar-refractivity contribution is 5.79. The van der Waals surface area contributed by atoms with E-state index in [9.17, 15) is 8.78 Å². The van der Waals surface area contributed by atoms with Gasteiger partial charge in [0, 0.05) is 20.1 Å². The first-order valence-electron chi connectivity index (χ1n) is 8.17. The Morgan fingerprint density at radius 2 is 1.92 bits per heavy atom. The van der Waals surface area contributed by atoms with Gasteiger partial charge in [-0.25, -0.2) is 0 Å². The van der Waals surface area contributed by atoms with E-state index in [1.165, 1.54) is 20.0 Å². The van der Waals surface area contributed by atoms with Crippen molar-refractivity contribution in [3.63, 3.8) is 0 Å². The van der Waals surface area contributed by atoms with Gasteiger partial charge in [0.25, 0.3) is 0 Å². The lowest BCUT2D eigenvalue weighted by atomic mass is 10.1. The molecule has 136 valence electrons. The first kappa shape index (κ1) is 20.0. The van der Waals surface area contributed by atoms with Crippen LogP contribution < -0.4 is 20.1 Å². The van der Waals surface area contributed by atoms with E-state index in [4.69, 9.17) is 4.74 Å². The predicted octanol–water partition coefficient (Wildman–Crippen LogP) is 3.19. The van der Waals surface area contributed by atoms with E-state index in [2.05, 4.69) is 27.3 Å². The number of hydrogen-bond acceptors (Lipinski definition) is 3. The maximum Gasteiger partial charge on any atom is 0.387 e. The lowest BCUT2D eigenvalue weighted by Crippen LogP contribution is -2.38. The van der Waals surface area contributed by atoms with Crippen molar-refractivity contribution in [3.05, 3.63) is 23.8 Å². The molecule has 0 aliphatic rings. The molecule has 0 heterocycles. The number of rotatable bonds is 10. The Bertz CT molecular complexity index is 511. The van der Waals surface area contributed by atoms with Crippen LogP contribution in [0.15, 0.2) is 23.2 Å². The molecule has 0 atom stereocenters. The van der Waals surface area contributed by atoms with E-state index in [1.54, 1.807) is 19.2 Å². The molecule has 0 radical (unpaired) electrons. The summed E-state index contributed by atoms with van der Waals surface area (Å²) < 4.78 is 34.4. The summed E-state index contributed by atoms with van der Waals surface area (Å²) in [7, 11) is 3.14. The van der Waals surface area contributed by atoms with Gasteiger partial charge >= 0.3 is 6.61 Å². The van der Waals surface area contributed by atoms with Crippen molar-refractivity contribution in [1.82, 2.24) is 10.6 Å². The maximum atomic E-state index is 12.4. The fourth-order valence-corrected chi connectivity index (χ4v) is 2.19. The maximum absolute atomic E-state index is 12.4. The number of aliphatic imine (C=N–C) groups is 1. The second-order valence-corrected chi connectivity index (χ2v) is 5.25. The summed E-state index contributed by atoms with van der Waals surface area (Å²) in [5, 5.41) is 6.44. The smallest absolute Gasteiger partial charge is 0.387 e. The molecule has 24 heavy (non-hydrogen) atoms. The first-order valence-corrected chi connectivity index (χ1v) is 8.17. The highest BCUT2D eigenvalue weighted by atomic mass is 19.3. The van der Waals surface area contributed by atoms with Crippen LogP contribution in [-0.2, 0) is 6.42 Å². The molecule has 0 saturated carbocycles. The monoisotopic (exact) mass is 343 g/mol. The summed E-state index contributed by atoms with van der Waals surface area (Å²) in [6.45, 7) is 0.794. The van der Waals surface area contributed by atoms with Crippen molar-refractivity contribution in [2.75, 3.05) is 27.2 Å². The fourth-order valence-electron chi connectivity index (χ4n) is 2.19. The largest absolute Gasteiger partial charge is 0.493 e. The Balaban J connectivity index is 2.48. The standard InChI is InChI=1S/C17H27F2N3O2/c1-4-5-6-10-21-17(20-2)22-11-9-13-7-8-14(23-3)15(12-13)24-16(18)19/h7-8,12,16H,4-6,9-11H2,1-3H3,(H2,20,21,22). The Hall–Kier alpha value is -2.05. The summed E-state index contributed by atoms with van der Waals surface area (Å²) in [6, 6.07) is 5.03. The number of benzene rings is 1. The number of nitrogens with one attached hydrogen (secondary N) is 2. The third kappa shape index (κ3) is 7.48. The molecule has 0 fully saturated rings. The van der Waals surface area contributed by atoms with Crippen LogP contribution in [0.3, 0.4) is 0 Å². The molecule has 0 amide bonds. The van der Waals surface area contributed by atoms with Gasteiger partial charge in [0.2, 0.25) is 0 Å². The van der Waals surface area contributed by atoms with E-state index < -0.39 is 6.61 Å². The van der Waals surface area contributed by atoms with Gasteiger partial charge in [-0.1, -0.05) is 25.8 Å². The van der Waals surface area contributed by atoms with Crippen molar-refractivity contribution >= 4 is 5.96 Å². The summed E-state index contributed by atoms with van der Waals surface area (Å²) >= 11 is 0. The molecule has 0 aliphatic carbocycles. The van der Waals surface area contributed by atoms with Crippen LogP contribution in [0.4, 0.5) is 8.78 Å². The highest BCUT2D eigenvalue weighted by Gasteiger charge is 2.11. The Morgan fingerprint density at radius 1 is 1.17 bits per heavy atom. The Kier molecular flexibility index (Phi) is 9.56. The number of guanidine groups is 1. The van der Waals surface area contributed by atoms with Crippen LogP contribution in [0, 0.1) is 0 Å². The number of nitrogens with zero attached hydrogens (tertiary/aromatic N) is 1. The van der Waals surface area contributed by atoms with E-state index in [0.717, 1.165) is 24.5 Å². The second-order valence-electron chi connectivity index (χ2n) is 5.25. The molecular formula is C17H27F2N3O2. The number of hydrogen-bond donors (Lipinski definition) is 2. The number of methoxy groups -OCH3 is 1. The number of alkyl halides is 2. The zero-order valence-electron chi connectivity index (χ0n) is 14.6. The molecule has 2 N–H and O–H groups in total. The summed E-state index contributed by atoms with van der Waals surface area (Å²) in [6.07, 6.45) is 4.11. The van der Waals surface area contributed by atoms with Crippen LogP contribution >= 0.6 is 0 Å². The van der Waals surface area contributed by atoms with E-state index in [1.807, 2.05) is 6.07 Å². The minimum atomic E-state index is -2.88. The molecule has 0 bridgehead atoms. The molecule has 0 saturated heterocycles. The third-order valence-electron chi connectivity index (χ3n) is 3.45. The normalized spacial score (nSPS) is 11.5. The van der Waals surface area contributed by atoms with Crippen LogP contribution in [0.2, 0.25) is 0 Å². The molecule has 1 aromatic carbocycles. The average Bonchev–Trinajstić information content (AvgIpc) is 2.56. The van der Waals surface area contributed by atoms with E-state index >= 15 is 0 Å². The van der Waals surface area contributed by atoms with Crippen molar-refractivity contribution in [1.29, 1.82) is 0 Å². The Morgan fingerprint density at radius 3 is 2.54 bits per heavy atom. The number of ether oxygens (including phenoxy) is 2. The van der Waals surface area contributed by atoms with E-state index in [0.29, 0.717) is 18.7 Å². The van der Waals surface area contributed by atoms with Gasteiger partial charge in [0.05, 0.1) is 7.11 Å². The lowest BCUT2D eigenvalue weighted by Gasteiger charge is -2.13. The zero-order chi connectivity index (χ0) is 17.8. The van der Waals surface area contributed by atoms with Crippen molar-refractivity contribution < 1.29 is 18.3 Å². The summed E-state index contributed by atoms with van der Waals surface area (Å²) in [4.78, 5) is 4.15.